The van der Waals surface area contributed by atoms with Crippen LogP contribution < -0.4 is 14.9 Å². The molecule has 1 aliphatic rings. The fraction of sp³-hybridized carbons (Fsp3) is 0.259. The molecule has 7 nitrogen and oxygen atoms in total. The SMILES string of the molecule is CCCOc1ccc(C2c3c(oc4ccc(Br)cc4c3=O)C(=O)N2Cc2ccco2)cc1OCC. The van der Waals surface area contributed by atoms with Gasteiger partial charge in [-0.1, -0.05) is 28.9 Å². The molecule has 1 aliphatic heterocycles. The van der Waals surface area contributed by atoms with Gasteiger partial charge in [-0.25, -0.2) is 0 Å². The Balaban J connectivity index is 1.69. The van der Waals surface area contributed by atoms with Crippen LogP contribution in [0, 0.1) is 0 Å². The van der Waals surface area contributed by atoms with Crippen molar-refractivity contribution < 1.29 is 23.1 Å². The quantitative estimate of drug-likeness (QED) is 0.271. The van der Waals surface area contributed by atoms with Crippen molar-refractivity contribution in [1.82, 2.24) is 4.90 Å². The van der Waals surface area contributed by atoms with Crippen LogP contribution in [0.2, 0.25) is 0 Å². The van der Waals surface area contributed by atoms with Crippen molar-refractivity contribution in [2.45, 2.75) is 32.9 Å². The van der Waals surface area contributed by atoms with Gasteiger partial charge in [0.1, 0.15) is 11.3 Å². The van der Waals surface area contributed by atoms with Crippen LogP contribution in [-0.4, -0.2) is 24.0 Å². The molecule has 4 aromatic rings. The van der Waals surface area contributed by atoms with Crippen LogP contribution in [0.25, 0.3) is 11.0 Å². The number of furan rings is 1. The van der Waals surface area contributed by atoms with E-state index in [9.17, 15) is 9.59 Å². The first-order valence-corrected chi connectivity index (χ1v) is 12.3. The van der Waals surface area contributed by atoms with Crippen molar-refractivity contribution in [2.24, 2.45) is 0 Å². The molecule has 1 amide bonds. The van der Waals surface area contributed by atoms with Gasteiger partial charge in [0.2, 0.25) is 5.76 Å². The lowest BCUT2D eigenvalue weighted by Gasteiger charge is -2.25. The summed E-state index contributed by atoms with van der Waals surface area (Å²) in [6, 6.07) is 13.6. The van der Waals surface area contributed by atoms with Crippen molar-refractivity contribution in [1.29, 1.82) is 0 Å². The van der Waals surface area contributed by atoms with E-state index < -0.39 is 6.04 Å². The van der Waals surface area contributed by atoms with Crippen LogP contribution in [0.1, 0.15) is 53.8 Å². The molecule has 0 N–H and O–H groups in total. The van der Waals surface area contributed by atoms with Crippen molar-refractivity contribution >= 4 is 32.8 Å². The molecular formula is C27H24BrNO6. The van der Waals surface area contributed by atoms with E-state index in [-0.39, 0.29) is 23.6 Å². The summed E-state index contributed by atoms with van der Waals surface area (Å²) < 4.78 is 24.0. The van der Waals surface area contributed by atoms with Crippen LogP contribution in [0.5, 0.6) is 11.5 Å². The van der Waals surface area contributed by atoms with E-state index in [1.165, 1.54) is 0 Å². The topological polar surface area (TPSA) is 82.1 Å². The Labute approximate surface area is 210 Å². The Morgan fingerprint density at radius 1 is 1.03 bits per heavy atom. The number of nitrogens with zero attached hydrogens (tertiary/aromatic N) is 1. The maximum Gasteiger partial charge on any atom is 0.291 e. The molecule has 1 atom stereocenters. The van der Waals surface area contributed by atoms with Gasteiger partial charge in [-0.05, 0) is 61.4 Å². The molecule has 35 heavy (non-hydrogen) atoms. The molecular weight excluding hydrogens is 514 g/mol. The molecule has 0 fully saturated rings. The van der Waals surface area contributed by atoms with Gasteiger partial charge in [0.15, 0.2) is 16.9 Å². The third-order valence-corrected chi connectivity index (χ3v) is 6.37. The van der Waals surface area contributed by atoms with Crippen LogP contribution in [-0.2, 0) is 6.54 Å². The molecule has 0 aliphatic carbocycles. The number of ether oxygens (including phenoxy) is 2. The largest absolute Gasteiger partial charge is 0.490 e. The van der Waals surface area contributed by atoms with E-state index in [0.717, 1.165) is 16.5 Å². The van der Waals surface area contributed by atoms with E-state index >= 15 is 0 Å². The van der Waals surface area contributed by atoms with Gasteiger partial charge in [-0.3, -0.25) is 9.59 Å². The second-order valence-electron chi connectivity index (χ2n) is 8.22. The Hall–Kier alpha value is -3.52. The minimum Gasteiger partial charge on any atom is -0.490 e. The number of fused-ring (bicyclic) bond motifs is 2. The first-order chi connectivity index (χ1) is 17.0. The van der Waals surface area contributed by atoms with Gasteiger partial charge in [-0.2, -0.15) is 0 Å². The molecule has 0 saturated heterocycles. The lowest BCUT2D eigenvalue weighted by molar-refractivity contribution is 0.0701. The van der Waals surface area contributed by atoms with Gasteiger partial charge in [0.05, 0.1) is 43.0 Å². The van der Waals surface area contributed by atoms with E-state index in [2.05, 4.69) is 15.9 Å². The van der Waals surface area contributed by atoms with Gasteiger partial charge in [0.25, 0.3) is 5.91 Å². The summed E-state index contributed by atoms with van der Waals surface area (Å²) in [4.78, 5) is 28.9. The average Bonchev–Trinajstić information content (AvgIpc) is 3.46. The highest BCUT2D eigenvalue weighted by Gasteiger charge is 2.43. The zero-order valence-corrected chi connectivity index (χ0v) is 21.0. The van der Waals surface area contributed by atoms with Crippen molar-refractivity contribution in [3.05, 3.63) is 92.1 Å². The summed E-state index contributed by atoms with van der Waals surface area (Å²) >= 11 is 3.43. The number of hydrogen-bond acceptors (Lipinski definition) is 6. The lowest BCUT2D eigenvalue weighted by atomic mass is 9.98. The predicted molar refractivity (Wildman–Crippen MR) is 134 cm³/mol. The predicted octanol–water partition coefficient (Wildman–Crippen LogP) is 6.08. The molecule has 0 spiro atoms. The minimum atomic E-state index is -0.679. The average molecular weight is 538 g/mol. The molecule has 3 heterocycles. The lowest BCUT2D eigenvalue weighted by Crippen LogP contribution is -2.29. The smallest absolute Gasteiger partial charge is 0.291 e. The van der Waals surface area contributed by atoms with E-state index in [1.807, 2.05) is 32.0 Å². The number of benzene rings is 2. The molecule has 0 saturated carbocycles. The van der Waals surface area contributed by atoms with Crippen molar-refractivity contribution in [3.63, 3.8) is 0 Å². The van der Waals surface area contributed by atoms with Crippen LogP contribution in [0.15, 0.2) is 72.9 Å². The fourth-order valence-corrected chi connectivity index (χ4v) is 4.73. The standard InChI is InChI=1S/C27H24BrNO6/c1-3-11-34-21-9-7-16(13-22(21)32-4-2)24-23-25(30)19-14-17(28)8-10-20(19)35-26(23)27(31)29(24)15-18-6-5-12-33-18/h5-10,12-14,24H,3-4,11,15H2,1-2H3. The number of carbonyl (C=O) groups excluding carboxylic acids is 1. The number of carbonyl (C=O) groups is 1. The highest BCUT2D eigenvalue weighted by molar-refractivity contribution is 9.10. The Bertz CT molecular complexity index is 1440. The summed E-state index contributed by atoms with van der Waals surface area (Å²) in [7, 11) is 0. The first kappa shape index (κ1) is 23.2. The fourth-order valence-electron chi connectivity index (χ4n) is 4.37. The summed E-state index contributed by atoms with van der Waals surface area (Å²) in [5.74, 6) is 1.46. The summed E-state index contributed by atoms with van der Waals surface area (Å²) in [5, 5.41) is 0.406. The number of amides is 1. The highest BCUT2D eigenvalue weighted by Crippen LogP contribution is 2.42. The molecule has 0 radical (unpaired) electrons. The van der Waals surface area contributed by atoms with E-state index in [1.54, 1.807) is 41.5 Å². The highest BCUT2D eigenvalue weighted by atomic mass is 79.9. The monoisotopic (exact) mass is 537 g/mol. The van der Waals surface area contributed by atoms with Crippen LogP contribution in [0.4, 0.5) is 0 Å². The molecule has 0 bridgehead atoms. The van der Waals surface area contributed by atoms with Crippen LogP contribution in [0.3, 0.4) is 0 Å². The second kappa shape index (κ2) is 9.62. The van der Waals surface area contributed by atoms with Crippen molar-refractivity contribution in [3.8, 4) is 11.5 Å². The van der Waals surface area contributed by atoms with Gasteiger partial charge >= 0.3 is 0 Å². The summed E-state index contributed by atoms with van der Waals surface area (Å²) in [6.45, 7) is 5.11. The number of rotatable bonds is 8. The van der Waals surface area contributed by atoms with Crippen LogP contribution >= 0.6 is 15.9 Å². The normalized spacial score (nSPS) is 15.0. The maximum atomic E-state index is 13.7. The minimum absolute atomic E-state index is 0.0469. The Morgan fingerprint density at radius 2 is 1.89 bits per heavy atom. The Kier molecular flexibility index (Phi) is 6.38. The summed E-state index contributed by atoms with van der Waals surface area (Å²) in [6.07, 6.45) is 2.42. The molecule has 5 rings (SSSR count). The van der Waals surface area contributed by atoms with Crippen molar-refractivity contribution in [2.75, 3.05) is 13.2 Å². The van der Waals surface area contributed by atoms with Gasteiger partial charge in [0, 0.05) is 4.47 Å². The molecule has 8 heteroatoms. The molecule has 180 valence electrons. The number of hydrogen-bond donors (Lipinski definition) is 0. The van der Waals surface area contributed by atoms with Gasteiger partial charge < -0.3 is 23.2 Å². The number of halogens is 1. The van der Waals surface area contributed by atoms with Gasteiger partial charge in [-0.15, -0.1) is 0 Å². The van der Waals surface area contributed by atoms with E-state index in [4.69, 9.17) is 18.3 Å². The molecule has 1 unspecified atom stereocenters. The maximum absolute atomic E-state index is 13.7. The molecule has 2 aromatic carbocycles. The third kappa shape index (κ3) is 4.23. The zero-order chi connectivity index (χ0) is 24.5. The second-order valence-corrected chi connectivity index (χ2v) is 9.13. The van der Waals surface area contributed by atoms with E-state index in [0.29, 0.717) is 47.0 Å². The summed E-state index contributed by atoms with van der Waals surface area (Å²) in [5.41, 5.74) is 1.14. The first-order valence-electron chi connectivity index (χ1n) is 11.5. The zero-order valence-electron chi connectivity index (χ0n) is 19.4. The Morgan fingerprint density at radius 3 is 2.63 bits per heavy atom. The third-order valence-electron chi connectivity index (χ3n) is 5.88. The molecule has 2 aromatic heterocycles.